The normalized spacial score (nSPS) is 25.6. The van der Waals surface area contributed by atoms with E-state index in [-0.39, 0.29) is 66.7 Å². The lowest BCUT2D eigenvalue weighted by Gasteiger charge is -2.56. The van der Waals surface area contributed by atoms with E-state index < -0.39 is 23.7 Å². The molecule has 52 heavy (non-hydrogen) atoms. The van der Waals surface area contributed by atoms with Crippen molar-refractivity contribution >= 4 is 41.0 Å². The zero-order chi connectivity index (χ0) is 36.1. The Bertz CT molecular complexity index is 1990. The highest BCUT2D eigenvalue weighted by Crippen LogP contribution is 2.37. The lowest BCUT2D eigenvalue weighted by atomic mass is 9.86. The third-order valence-corrected chi connectivity index (χ3v) is 11.2. The Morgan fingerprint density at radius 2 is 1.83 bits per heavy atom. The molecule has 4 amide bonds. The van der Waals surface area contributed by atoms with E-state index in [0.717, 1.165) is 37.7 Å². The number of halogens is 2. The van der Waals surface area contributed by atoms with Gasteiger partial charge in [-0.15, -0.1) is 10.2 Å². The number of fused-ring (bicyclic) bond motifs is 3. The molecule has 6 heterocycles. The number of nitrogens with one attached hydrogen (secondary N) is 2. The summed E-state index contributed by atoms with van der Waals surface area (Å²) in [5, 5.41) is 23.4. The van der Waals surface area contributed by atoms with E-state index in [1.807, 2.05) is 18.2 Å². The summed E-state index contributed by atoms with van der Waals surface area (Å²) in [4.78, 5) is 55.9. The zero-order valence-electron chi connectivity index (χ0n) is 28.2. The van der Waals surface area contributed by atoms with Gasteiger partial charge < -0.3 is 19.9 Å². The van der Waals surface area contributed by atoms with E-state index in [0.29, 0.717) is 47.4 Å². The molecule has 1 aliphatic carbocycles. The molecule has 2 aromatic carbocycles. The monoisotopic (exact) mass is 726 g/mol. The summed E-state index contributed by atoms with van der Waals surface area (Å²) in [6.07, 6.45) is 4.44. The van der Waals surface area contributed by atoms with E-state index in [9.17, 15) is 19.2 Å². The van der Waals surface area contributed by atoms with Crippen molar-refractivity contribution in [3.8, 4) is 11.8 Å². The number of nitriles is 1. The lowest BCUT2D eigenvalue weighted by molar-refractivity contribution is -0.136. The number of amides is 4. The molecule has 5 fully saturated rings. The van der Waals surface area contributed by atoms with E-state index in [1.165, 1.54) is 11.0 Å². The van der Waals surface area contributed by atoms with Crippen molar-refractivity contribution in [2.24, 2.45) is 0 Å². The van der Waals surface area contributed by atoms with E-state index >= 15 is 4.39 Å². The van der Waals surface area contributed by atoms with E-state index in [1.54, 1.807) is 24.3 Å². The van der Waals surface area contributed by atoms with Crippen LogP contribution in [0.3, 0.4) is 0 Å². The van der Waals surface area contributed by atoms with Crippen LogP contribution >= 0.6 is 11.6 Å². The van der Waals surface area contributed by atoms with Crippen LogP contribution in [0.2, 0.25) is 5.02 Å². The third kappa shape index (κ3) is 6.54. The number of aromatic nitrogens is 2. The van der Waals surface area contributed by atoms with Crippen LogP contribution in [-0.4, -0.2) is 87.0 Å². The summed E-state index contributed by atoms with van der Waals surface area (Å²) >= 11 is 6.13. The van der Waals surface area contributed by atoms with Gasteiger partial charge in [-0.3, -0.25) is 29.4 Å². The van der Waals surface area contributed by atoms with Crippen LogP contribution < -0.4 is 20.3 Å². The average molecular weight is 727 g/mol. The van der Waals surface area contributed by atoms with Gasteiger partial charge in [0.1, 0.15) is 23.7 Å². The Morgan fingerprint density at radius 1 is 1.04 bits per heavy atom. The minimum Gasteiger partial charge on any atom is -0.490 e. The molecule has 1 saturated carbocycles. The van der Waals surface area contributed by atoms with Crippen molar-refractivity contribution in [2.75, 3.05) is 18.0 Å². The molecular weight excluding hydrogens is 691 g/mol. The van der Waals surface area contributed by atoms with Gasteiger partial charge in [0, 0.05) is 56.8 Å². The first kappa shape index (κ1) is 34.0. The molecule has 1 aromatic heterocycles. The summed E-state index contributed by atoms with van der Waals surface area (Å²) in [5.41, 5.74) is 1.99. The van der Waals surface area contributed by atoms with Crippen LogP contribution in [0.4, 0.5) is 10.2 Å². The number of nitrogens with zero attached hydrogens (tertiary/aromatic N) is 6. The van der Waals surface area contributed by atoms with Crippen LogP contribution in [0.1, 0.15) is 82.5 Å². The number of benzene rings is 2. The van der Waals surface area contributed by atoms with Crippen LogP contribution in [0.15, 0.2) is 42.5 Å². The predicted molar refractivity (Wildman–Crippen MR) is 185 cm³/mol. The molecule has 6 aliphatic rings. The van der Waals surface area contributed by atoms with Crippen LogP contribution in [0.5, 0.6) is 5.75 Å². The number of carbonyl (C=O) groups excluding carboxylic acids is 4. The molecule has 9 rings (SSSR count). The summed E-state index contributed by atoms with van der Waals surface area (Å²) in [5.74, 6) is -0.939. The van der Waals surface area contributed by atoms with Gasteiger partial charge in [0.2, 0.25) is 11.8 Å². The number of ether oxygens (including phenoxy) is 1. The Morgan fingerprint density at radius 3 is 2.52 bits per heavy atom. The van der Waals surface area contributed by atoms with E-state index in [2.05, 4.69) is 30.6 Å². The maximum Gasteiger partial charge on any atom is 0.272 e. The van der Waals surface area contributed by atoms with Gasteiger partial charge in [-0.2, -0.15) is 5.26 Å². The second-order valence-electron chi connectivity index (χ2n) is 14.2. The molecule has 13 nitrogen and oxygen atoms in total. The third-order valence-electron chi connectivity index (χ3n) is 10.9. The van der Waals surface area contributed by atoms with Crippen LogP contribution in [-0.2, 0) is 22.7 Å². The van der Waals surface area contributed by atoms with Crippen molar-refractivity contribution < 1.29 is 28.3 Å². The number of piperazine rings is 1. The first-order valence-corrected chi connectivity index (χ1v) is 18.0. The topological polar surface area (TPSA) is 161 Å². The number of piperidine rings is 2. The van der Waals surface area contributed by atoms with Gasteiger partial charge in [-0.05, 0) is 80.0 Å². The standard InChI is InChI=1S/C37H36ClFN8O5/c38-28-14-27(4-1-21(28)15-40)52-26-5-2-23(3-6-26)41-35(49)30-7-9-32(44-43-30)45-18-24-13-25(19-45)46(24)16-20-11-22-17-47(37(51)34(22)29(39)12-20)31-8-10-33(48)42-36(31)50/h1,4,7,9,11-12,14,23-26,31H,2-3,5-6,8,10,13,16-19H2,(H,41,49)(H,42,48,50)/t23-,24?,25?,26-,31?. The molecule has 3 unspecified atom stereocenters. The Labute approximate surface area is 304 Å². The number of hydrogen-bond acceptors (Lipinski definition) is 10. The number of hydrogen-bond donors (Lipinski definition) is 2. The fourth-order valence-corrected chi connectivity index (χ4v) is 8.42. The second-order valence-corrected chi connectivity index (χ2v) is 14.6. The molecule has 3 atom stereocenters. The van der Waals surface area contributed by atoms with Crippen molar-refractivity contribution in [1.29, 1.82) is 5.26 Å². The molecule has 0 spiro atoms. The van der Waals surface area contributed by atoms with Crippen molar-refractivity contribution in [2.45, 2.75) is 88.3 Å². The summed E-state index contributed by atoms with van der Waals surface area (Å²) < 4.78 is 21.4. The van der Waals surface area contributed by atoms with Crippen LogP contribution in [0, 0.1) is 17.1 Å². The average Bonchev–Trinajstić information content (AvgIpc) is 3.47. The zero-order valence-corrected chi connectivity index (χ0v) is 28.9. The minimum absolute atomic E-state index is 0.000904. The Balaban J connectivity index is 0.818. The smallest absolute Gasteiger partial charge is 0.272 e. The Kier molecular flexibility index (Phi) is 9.00. The molecule has 2 bridgehead atoms. The van der Waals surface area contributed by atoms with Crippen LogP contribution in [0.25, 0.3) is 0 Å². The highest BCUT2D eigenvalue weighted by atomic mass is 35.5. The molecule has 0 radical (unpaired) electrons. The largest absolute Gasteiger partial charge is 0.490 e. The molecule has 3 aromatic rings. The second kappa shape index (κ2) is 13.8. The highest BCUT2D eigenvalue weighted by molar-refractivity contribution is 6.31. The van der Waals surface area contributed by atoms with Gasteiger partial charge in [-0.1, -0.05) is 17.7 Å². The number of rotatable bonds is 8. The van der Waals surface area contributed by atoms with Gasteiger partial charge in [0.05, 0.1) is 22.3 Å². The summed E-state index contributed by atoms with van der Waals surface area (Å²) in [6.45, 7) is 2.09. The number of anilines is 1. The number of imide groups is 1. The fraction of sp³-hybridized carbons (Fsp3) is 0.432. The highest BCUT2D eigenvalue weighted by Gasteiger charge is 2.45. The molecule has 15 heteroatoms. The quantitative estimate of drug-likeness (QED) is 0.329. The number of carbonyl (C=O) groups is 4. The molecular formula is C37H36ClFN8O5. The van der Waals surface area contributed by atoms with Crippen molar-refractivity contribution in [1.82, 2.24) is 30.6 Å². The fourth-order valence-electron chi connectivity index (χ4n) is 8.21. The Hall–Kier alpha value is -5.13. The first-order chi connectivity index (χ1) is 25.1. The lowest BCUT2D eigenvalue weighted by Crippen LogP contribution is -2.68. The SMILES string of the molecule is N#Cc1ccc(O[C@H]2CC[C@H](NC(=O)c3ccc(N4CC5CC(C4)N5Cc4cc(F)c5c(c4)CN(C4CCC(=O)NC4=O)C5=O)nn3)CC2)cc1Cl. The minimum atomic E-state index is -0.790. The van der Waals surface area contributed by atoms with Gasteiger partial charge in [0.25, 0.3) is 11.8 Å². The summed E-state index contributed by atoms with van der Waals surface area (Å²) in [7, 11) is 0. The molecule has 5 aliphatic heterocycles. The molecule has 2 N–H and O–H groups in total. The van der Waals surface area contributed by atoms with E-state index in [4.69, 9.17) is 21.6 Å². The molecule has 4 saturated heterocycles. The summed E-state index contributed by atoms with van der Waals surface area (Å²) in [6, 6.07) is 13.6. The maximum absolute atomic E-state index is 15.3. The van der Waals surface area contributed by atoms with Gasteiger partial charge >= 0.3 is 0 Å². The molecule has 268 valence electrons. The predicted octanol–water partition coefficient (Wildman–Crippen LogP) is 3.48. The first-order valence-electron chi connectivity index (χ1n) is 17.6. The van der Waals surface area contributed by atoms with Crippen molar-refractivity contribution in [3.05, 3.63) is 81.3 Å². The van der Waals surface area contributed by atoms with Gasteiger partial charge in [-0.25, -0.2) is 4.39 Å². The van der Waals surface area contributed by atoms with Gasteiger partial charge in [0.15, 0.2) is 11.5 Å². The maximum atomic E-state index is 15.3. The van der Waals surface area contributed by atoms with Crippen molar-refractivity contribution in [3.63, 3.8) is 0 Å².